The molecule has 8 rings (SSSR count). The van der Waals surface area contributed by atoms with Crippen molar-refractivity contribution in [2.75, 3.05) is 5.32 Å². The van der Waals surface area contributed by atoms with Crippen molar-refractivity contribution in [1.82, 2.24) is 0 Å². The van der Waals surface area contributed by atoms with Gasteiger partial charge in [-0.3, -0.25) is 0 Å². The highest BCUT2D eigenvalue weighted by molar-refractivity contribution is 5.99. The predicted molar refractivity (Wildman–Crippen MR) is 229 cm³/mol. The van der Waals surface area contributed by atoms with E-state index in [4.69, 9.17) is 0 Å². The van der Waals surface area contributed by atoms with Crippen LogP contribution in [0.2, 0.25) is 0 Å². The van der Waals surface area contributed by atoms with E-state index in [2.05, 4.69) is 177 Å². The van der Waals surface area contributed by atoms with Crippen LogP contribution in [0, 0.1) is 5.41 Å². The Morgan fingerprint density at radius 1 is 0.717 bits per heavy atom. The zero-order chi connectivity index (χ0) is 36.3. The summed E-state index contributed by atoms with van der Waals surface area (Å²) >= 11 is 0. The van der Waals surface area contributed by atoms with Crippen molar-refractivity contribution < 1.29 is 0 Å². The zero-order valence-electron chi connectivity index (χ0n) is 30.9. The number of hydrogen-bond acceptors (Lipinski definition) is 1. The normalized spacial score (nSPS) is 20.5. The third-order valence-corrected chi connectivity index (χ3v) is 11.4. The van der Waals surface area contributed by atoms with Gasteiger partial charge < -0.3 is 5.32 Å². The molecule has 0 fully saturated rings. The maximum absolute atomic E-state index is 4.50. The van der Waals surface area contributed by atoms with Gasteiger partial charge in [-0.2, -0.15) is 0 Å². The van der Waals surface area contributed by atoms with Crippen LogP contribution in [0.15, 0.2) is 194 Å². The minimum Gasteiger partial charge on any atom is -0.362 e. The van der Waals surface area contributed by atoms with E-state index in [1.807, 2.05) is 30.5 Å². The first-order valence-corrected chi connectivity index (χ1v) is 19.0. The Kier molecular flexibility index (Phi) is 9.42. The second-order valence-electron chi connectivity index (χ2n) is 15.1. The lowest BCUT2D eigenvalue weighted by molar-refractivity contribution is 0.450. The number of nitrogens with one attached hydrogen (secondary N) is 1. The number of fused-ring (bicyclic) bond motifs is 7. The Morgan fingerprint density at radius 2 is 1.53 bits per heavy atom. The SMILES string of the molecule is C=C1/C=C\C=C/CC2(C3=C(C=CCC3)c3c(-c4ccc5cccc(\C=C/C=C\C=C\Nc6ccccc6)c5c4)cccc32)c2ccccc2CC1(C)C. The molecule has 260 valence electrons. The molecule has 0 saturated carbocycles. The first-order valence-electron chi connectivity index (χ1n) is 19.0. The molecule has 0 aromatic heterocycles. The number of benzene rings is 5. The molecule has 0 bridgehead atoms. The van der Waals surface area contributed by atoms with Gasteiger partial charge in [0, 0.05) is 17.3 Å². The van der Waals surface area contributed by atoms with Gasteiger partial charge in [-0.25, -0.2) is 0 Å². The first-order chi connectivity index (χ1) is 26.0. The molecule has 0 saturated heterocycles. The van der Waals surface area contributed by atoms with E-state index in [9.17, 15) is 0 Å². The summed E-state index contributed by atoms with van der Waals surface area (Å²) in [6, 6.07) is 40.1. The standard InChI is InChI=1S/C52H47N/c1-38-20-8-7-16-34-52(47-29-14-12-22-42(47)37-51(38,2)3)48-30-15-13-27-45(48)50-44(28-19-31-49(50)52)41-33-32-40-24-18-23-39(46(40)36-41)21-9-4-5-17-35-53-43-25-10-6-11-26-43/h4-14,16-29,31-33,35-36,53H,1,15,30,34,37H2,2-3H3/b5-4-,16-7-,20-8-,21-9-,35-17+. The van der Waals surface area contributed by atoms with Crippen molar-refractivity contribution in [3.63, 3.8) is 0 Å². The van der Waals surface area contributed by atoms with Crippen molar-refractivity contribution in [3.05, 3.63) is 222 Å². The Morgan fingerprint density at radius 3 is 2.43 bits per heavy atom. The van der Waals surface area contributed by atoms with Crippen LogP contribution in [0.5, 0.6) is 0 Å². The van der Waals surface area contributed by atoms with Crippen molar-refractivity contribution in [2.24, 2.45) is 5.41 Å². The molecule has 3 aliphatic rings. The van der Waals surface area contributed by atoms with Gasteiger partial charge in [-0.15, -0.1) is 0 Å². The molecule has 0 radical (unpaired) electrons. The Balaban J connectivity index is 1.21. The number of rotatable bonds is 6. The molecule has 0 heterocycles. The van der Waals surface area contributed by atoms with Crippen LogP contribution >= 0.6 is 0 Å². The van der Waals surface area contributed by atoms with Gasteiger partial charge in [-0.05, 0) is 122 Å². The topological polar surface area (TPSA) is 12.0 Å². The van der Waals surface area contributed by atoms with Crippen LogP contribution in [0.3, 0.4) is 0 Å². The van der Waals surface area contributed by atoms with Crippen molar-refractivity contribution >= 4 is 28.1 Å². The van der Waals surface area contributed by atoms with Gasteiger partial charge in [-0.1, -0.05) is 172 Å². The highest BCUT2D eigenvalue weighted by Crippen LogP contribution is 2.59. The maximum atomic E-state index is 4.50. The molecule has 53 heavy (non-hydrogen) atoms. The van der Waals surface area contributed by atoms with Crippen LogP contribution in [-0.4, -0.2) is 0 Å². The molecule has 1 spiro atoms. The minimum atomic E-state index is -0.240. The summed E-state index contributed by atoms with van der Waals surface area (Å²) < 4.78 is 0. The second-order valence-corrected chi connectivity index (χ2v) is 15.1. The summed E-state index contributed by atoms with van der Waals surface area (Å²) in [5.74, 6) is 0. The number of anilines is 1. The Hall–Kier alpha value is -5.92. The lowest BCUT2D eigenvalue weighted by Gasteiger charge is -2.38. The third kappa shape index (κ3) is 6.53. The molecule has 1 unspecified atom stereocenters. The van der Waals surface area contributed by atoms with E-state index < -0.39 is 0 Å². The van der Waals surface area contributed by atoms with E-state index in [0.29, 0.717) is 0 Å². The summed E-state index contributed by atoms with van der Waals surface area (Å²) in [5.41, 5.74) is 14.3. The monoisotopic (exact) mass is 685 g/mol. The summed E-state index contributed by atoms with van der Waals surface area (Å²) in [5, 5.41) is 5.80. The number of para-hydroxylation sites is 1. The molecular formula is C52H47N. The predicted octanol–water partition coefficient (Wildman–Crippen LogP) is 13.7. The smallest absolute Gasteiger partial charge is 0.0463 e. The van der Waals surface area contributed by atoms with Crippen molar-refractivity contribution in [3.8, 4) is 11.1 Å². The number of allylic oxidation sites excluding steroid dienone is 13. The fourth-order valence-electron chi connectivity index (χ4n) is 8.63. The van der Waals surface area contributed by atoms with Gasteiger partial charge in [0.25, 0.3) is 0 Å². The third-order valence-electron chi connectivity index (χ3n) is 11.4. The van der Waals surface area contributed by atoms with Gasteiger partial charge in [0.1, 0.15) is 0 Å². The Bertz CT molecular complexity index is 2400. The van der Waals surface area contributed by atoms with Gasteiger partial charge in [0.2, 0.25) is 0 Å². The quantitative estimate of drug-likeness (QED) is 0.175. The van der Waals surface area contributed by atoms with Crippen LogP contribution in [-0.2, 0) is 11.8 Å². The van der Waals surface area contributed by atoms with E-state index in [0.717, 1.165) is 36.9 Å². The lowest BCUT2D eigenvalue weighted by atomic mass is 9.65. The Labute approximate surface area is 315 Å². The zero-order valence-corrected chi connectivity index (χ0v) is 30.9. The molecule has 0 aliphatic heterocycles. The molecule has 1 heteroatoms. The van der Waals surface area contributed by atoms with Crippen LogP contribution in [0.1, 0.15) is 60.9 Å². The molecule has 3 aliphatic carbocycles. The van der Waals surface area contributed by atoms with Crippen LogP contribution in [0.4, 0.5) is 5.69 Å². The molecule has 1 atom stereocenters. The van der Waals surface area contributed by atoms with E-state index >= 15 is 0 Å². The average Bonchev–Trinajstić information content (AvgIpc) is 3.47. The minimum absolute atomic E-state index is 0.0672. The van der Waals surface area contributed by atoms with Crippen LogP contribution in [0.25, 0.3) is 33.5 Å². The summed E-state index contributed by atoms with van der Waals surface area (Å²) in [7, 11) is 0. The molecule has 1 N–H and O–H groups in total. The summed E-state index contributed by atoms with van der Waals surface area (Å²) in [4.78, 5) is 0. The van der Waals surface area contributed by atoms with Crippen molar-refractivity contribution in [1.29, 1.82) is 0 Å². The molecular weight excluding hydrogens is 639 g/mol. The lowest BCUT2D eigenvalue weighted by Crippen LogP contribution is -2.31. The van der Waals surface area contributed by atoms with Crippen LogP contribution < -0.4 is 5.32 Å². The second kappa shape index (κ2) is 14.6. The maximum Gasteiger partial charge on any atom is 0.0463 e. The van der Waals surface area contributed by atoms with Gasteiger partial charge >= 0.3 is 0 Å². The fraction of sp³-hybridized carbons (Fsp3) is 0.154. The fourth-order valence-corrected chi connectivity index (χ4v) is 8.63. The summed E-state index contributed by atoms with van der Waals surface area (Å²) in [6.45, 7) is 9.17. The van der Waals surface area contributed by atoms with Crippen molar-refractivity contribution in [2.45, 2.75) is 44.9 Å². The average molecular weight is 686 g/mol. The largest absolute Gasteiger partial charge is 0.362 e. The molecule has 5 aromatic carbocycles. The summed E-state index contributed by atoms with van der Waals surface area (Å²) in [6.07, 6.45) is 30.3. The molecule has 1 nitrogen and oxygen atoms in total. The van der Waals surface area contributed by atoms with Gasteiger partial charge in [0.15, 0.2) is 0 Å². The van der Waals surface area contributed by atoms with Gasteiger partial charge in [0.05, 0.1) is 0 Å². The van der Waals surface area contributed by atoms with E-state index in [1.54, 1.807) is 5.57 Å². The highest BCUT2D eigenvalue weighted by Gasteiger charge is 2.47. The number of hydrogen-bond donors (Lipinski definition) is 1. The highest BCUT2D eigenvalue weighted by atomic mass is 14.8. The van der Waals surface area contributed by atoms with E-state index in [1.165, 1.54) is 55.3 Å². The molecule has 0 amide bonds. The van der Waals surface area contributed by atoms with E-state index in [-0.39, 0.29) is 10.8 Å². The first kappa shape index (κ1) is 34.2. The molecule has 5 aromatic rings.